The van der Waals surface area contributed by atoms with Crippen LogP contribution in [0.5, 0.6) is 0 Å². The van der Waals surface area contributed by atoms with E-state index in [1.807, 2.05) is 19.1 Å². The number of nitrogens with zero attached hydrogens (tertiary/aromatic N) is 1. The van der Waals surface area contributed by atoms with Gasteiger partial charge in [0.2, 0.25) is 10.0 Å². The van der Waals surface area contributed by atoms with Gasteiger partial charge in [0.15, 0.2) is 5.96 Å². The van der Waals surface area contributed by atoms with Crippen molar-refractivity contribution in [1.82, 2.24) is 10.6 Å². The number of aliphatic imine (C=N–C) groups is 1. The fraction of sp³-hybridized carbons (Fsp3) is 0.562. The molecule has 0 saturated carbocycles. The first-order chi connectivity index (χ1) is 11.5. The molecule has 0 aromatic heterocycles. The summed E-state index contributed by atoms with van der Waals surface area (Å²) in [7, 11) is -3.32. The van der Waals surface area contributed by atoms with Crippen molar-refractivity contribution in [2.75, 3.05) is 30.7 Å². The molecule has 3 N–H and O–H groups in total. The first-order valence-electron chi connectivity index (χ1n) is 8.17. The Kier molecular flexibility index (Phi) is 6.86. The largest absolute Gasteiger partial charge is 0.376 e. The molecule has 7 nitrogen and oxygen atoms in total. The van der Waals surface area contributed by atoms with Gasteiger partial charge >= 0.3 is 0 Å². The molecule has 1 aliphatic heterocycles. The molecule has 1 heterocycles. The van der Waals surface area contributed by atoms with E-state index in [0.717, 1.165) is 44.4 Å². The normalized spacial score (nSPS) is 18.4. The van der Waals surface area contributed by atoms with E-state index in [1.54, 1.807) is 12.1 Å². The second-order valence-electron chi connectivity index (χ2n) is 5.74. The number of rotatable bonds is 7. The van der Waals surface area contributed by atoms with Crippen molar-refractivity contribution in [2.24, 2.45) is 4.99 Å². The summed E-state index contributed by atoms with van der Waals surface area (Å²) in [4.78, 5) is 4.54. The van der Waals surface area contributed by atoms with E-state index >= 15 is 0 Å². The molecular formula is C16H26N4O3S. The quantitative estimate of drug-likeness (QED) is 0.507. The Morgan fingerprint density at radius 3 is 2.79 bits per heavy atom. The highest BCUT2D eigenvalue weighted by molar-refractivity contribution is 7.92. The first kappa shape index (κ1) is 18.5. The monoisotopic (exact) mass is 354 g/mol. The van der Waals surface area contributed by atoms with Crippen LogP contribution in [0.2, 0.25) is 0 Å². The minimum absolute atomic E-state index is 0.230. The average Bonchev–Trinajstić information content (AvgIpc) is 3.03. The van der Waals surface area contributed by atoms with Crippen LogP contribution in [0.25, 0.3) is 0 Å². The van der Waals surface area contributed by atoms with Gasteiger partial charge in [0, 0.05) is 19.7 Å². The van der Waals surface area contributed by atoms with Crippen LogP contribution in [0.15, 0.2) is 29.3 Å². The van der Waals surface area contributed by atoms with Crippen LogP contribution in [-0.4, -0.2) is 46.4 Å². The molecule has 1 unspecified atom stereocenters. The zero-order valence-corrected chi connectivity index (χ0v) is 15.0. The summed E-state index contributed by atoms with van der Waals surface area (Å²) in [5, 5.41) is 6.47. The number of para-hydroxylation sites is 1. The fourth-order valence-electron chi connectivity index (χ4n) is 2.48. The van der Waals surface area contributed by atoms with E-state index in [4.69, 9.17) is 4.74 Å². The van der Waals surface area contributed by atoms with E-state index in [1.165, 1.54) is 0 Å². The molecule has 1 atom stereocenters. The number of benzene rings is 1. The van der Waals surface area contributed by atoms with Crippen molar-refractivity contribution in [3.8, 4) is 0 Å². The van der Waals surface area contributed by atoms with Gasteiger partial charge in [-0.25, -0.2) is 13.4 Å². The van der Waals surface area contributed by atoms with Crippen LogP contribution >= 0.6 is 0 Å². The van der Waals surface area contributed by atoms with Crippen LogP contribution in [0.1, 0.15) is 25.3 Å². The Morgan fingerprint density at radius 2 is 2.12 bits per heavy atom. The lowest BCUT2D eigenvalue weighted by molar-refractivity contribution is 0.114. The predicted octanol–water partition coefficient (Wildman–Crippen LogP) is 1.29. The summed E-state index contributed by atoms with van der Waals surface area (Å²) in [6, 6.07) is 7.26. The molecule has 0 spiro atoms. The van der Waals surface area contributed by atoms with Crippen molar-refractivity contribution in [2.45, 2.75) is 32.4 Å². The van der Waals surface area contributed by atoms with Gasteiger partial charge in [0.25, 0.3) is 0 Å². The average molecular weight is 354 g/mol. The molecule has 1 aromatic carbocycles. The molecule has 24 heavy (non-hydrogen) atoms. The molecule has 8 heteroatoms. The third-order valence-corrected chi connectivity index (χ3v) is 4.18. The summed E-state index contributed by atoms with van der Waals surface area (Å²) in [6.45, 7) is 4.67. The lowest BCUT2D eigenvalue weighted by atomic mass is 10.2. The minimum atomic E-state index is -3.32. The Hall–Kier alpha value is -1.80. The molecule has 134 valence electrons. The van der Waals surface area contributed by atoms with Gasteiger partial charge in [-0.2, -0.15) is 0 Å². The van der Waals surface area contributed by atoms with E-state index in [9.17, 15) is 8.42 Å². The molecule has 1 fully saturated rings. The molecule has 1 aliphatic rings. The van der Waals surface area contributed by atoms with Crippen molar-refractivity contribution in [1.29, 1.82) is 0 Å². The highest BCUT2D eigenvalue weighted by Crippen LogP contribution is 2.17. The molecule has 2 rings (SSSR count). The Balaban J connectivity index is 2.02. The van der Waals surface area contributed by atoms with Gasteiger partial charge in [-0.15, -0.1) is 0 Å². The third-order valence-electron chi connectivity index (χ3n) is 3.59. The minimum Gasteiger partial charge on any atom is -0.376 e. The summed E-state index contributed by atoms with van der Waals surface area (Å²) in [5.41, 5.74) is 1.37. The highest BCUT2D eigenvalue weighted by atomic mass is 32.2. The second kappa shape index (κ2) is 8.89. The number of hydrogen-bond acceptors (Lipinski definition) is 4. The number of guanidine groups is 1. The maximum absolute atomic E-state index is 11.5. The molecule has 0 bridgehead atoms. The van der Waals surface area contributed by atoms with Crippen molar-refractivity contribution >= 4 is 21.7 Å². The Labute approximate surface area is 143 Å². The zero-order valence-electron chi connectivity index (χ0n) is 14.2. The smallest absolute Gasteiger partial charge is 0.229 e. The summed E-state index contributed by atoms with van der Waals surface area (Å²) in [5.74, 6) is 0.696. The van der Waals surface area contributed by atoms with Gasteiger partial charge in [0.05, 0.1) is 24.6 Å². The number of ether oxygens (including phenoxy) is 1. The van der Waals surface area contributed by atoms with Gasteiger partial charge in [-0.3, -0.25) is 4.72 Å². The van der Waals surface area contributed by atoms with Gasteiger partial charge < -0.3 is 15.4 Å². The topological polar surface area (TPSA) is 91.8 Å². The summed E-state index contributed by atoms with van der Waals surface area (Å²) < 4.78 is 31.0. The molecule has 0 aliphatic carbocycles. The van der Waals surface area contributed by atoms with E-state index in [2.05, 4.69) is 20.3 Å². The van der Waals surface area contributed by atoms with Gasteiger partial charge in [0.1, 0.15) is 0 Å². The summed E-state index contributed by atoms with van der Waals surface area (Å²) >= 11 is 0. The molecule has 0 radical (unpaired) electrons. The second-order valence-corrected chi connectivity index (χ2v) is 7.49. The highest BCUT2D eigenvalue weighted by Gasteiger charge is 2.15. The van der Waals surface area contributed by atoms with E-state index in [0.29, 0.717) is 18.2 Å². The number of sulfonamides is 1. The maximum Gasteiger partial charge on any atom is 0.229 e. The number of nitrogens with one attached hydrogen (secondary N) is 3. The predicted molar refractivity (Wildman–Crippen MR) is 96.7 cm³/mol. The molecular weight excluding hydrogens is 328 g/mol. The van der Waals surface area contributed by atoms with Gasteiger partial charge in [-0.05, 0) is 31.4 Å². The molecule has 1 aromatic rings. The maximum atomic E-state index is 11.5. The van der Waals surface area contributed by atoms with Crippen LogP contribution in [0, 0.1) is 0 Å². The van der Waals surface area contributed by atoms with Crippen LogP contribution in [-0.2, 0) is 21.3 Å². The van der Waals surface area contributed by atoms with Crippen LogP contribution in [0.3, 0.4) is 0 Å². The van der Waals surface area contributed by atoms with E-state index < -0.39 is 10.0 Å². The molecule has 0 amide bonds. The number of anilines is 1. The Bertz CT molecular complexity index is 655. The lowest BCUT2D eigenvalue weighted by Gasteiger charge is -2.15. The van der Waals surface area contributed by atoms with Gasteiger partial charge in [-0.1, -0.05) is 18.2 Å². The third kappa shape index (κ3) is 6.37. The van der Waals surface area contributed by atoms with Crippen molar-refractivity contribution < 1.29 is 13.2 Å². The lowest BCUT2D eigenvalue weighted by Crippen LogP contribution is -2.41. The van der Waals surface area contributed by atoms with E-state index in [-0.39, 0.29) is 6.10 Å². The fourth-order valence-corrected chi connectivity index (χ4v) is 3.08. The first-order valence-corrected chi connectivity index (χ1v) is 10.1. The van der Waals surface area contributed by atoms with Crippen LogP contribution < -0.4 is 15.4 Å². The van der Waals surface area contributed by atoms with Crippen molar-refractivity contribution in [3.63, 3.8) is 0 Å². The molecule has 1 saturated heterocycles. The number of hydrogen-bond donors (Lipinski definition) is 3. The summed E-state index contributed by atoms with van der Waals surface area (Å²) in [6.07, 6.45) is 3.53. The van der Waals surface area contributed by atoms with Crippen LogP contribution in [0.4, 0.5) is 5.69 Å². The van der Waals surface area contributed by atoms with Crippen molar-refractivity contribution in [3.05, 3.63) is 29.8 Å². The Morgan fingerprint density at radius 1 is 1.33 bits per heavy atom. The zero-order chi connectivity index (χ0) is 17.4. The SMILES string of the molecule is CCNC(=NCc1ccccc1NS(C)(=O)=O)NCC1CCCO1. The standard InChI is InChI=1S/C16H26N4O3S/c1-3-17-16(19-12-14-8-6-10-23-14)18-11-13-7-4-5-9-15(13)20-24(2,21)22/h4-5,7,9,14,20H,3,6,8,10-12H2,1-2H3,(H2,17,18,19).